The Morgan fingerprint density at radius 2 is 1.82 bits per heavy atom. The first-order chi connectivity index (χ1) is 18.3. The van der Waals surface area contributed by atoms with E-state index in [-0.39, 0.29) is 23.6 Å². The van der Waals surface area contributed by atoms with E-state index in [1.807, 2.05) is 48.2 Å². The number of hydrogen-bond acceptors (Lipinski definition) is 5. The first-order valence-corrected chi connectivity index (χ1v) is 13.5. The Labute approximate surface area is 231 Å². The zero-order valence-corrected chi connectivity index (χ0v) is 23.8. The average Bonchev–Trinajstić information content (AvgIpc) is 3.21. The fourth-order valence-corrected chi connectivity index (χ4v) is 5.16. The van der Waals surface area contributed by atoms with Crippen LogP contribution in [0, 0.1) is 12.8 Å². The van der Waals surface area contributed by atoms with E-state index >= 15 is 0 Å². The van der Waals surface area contributed by atoms with Crippen molar-refractivity contribution in [1.29, 1.82) is 0 Å². The molecule has 8 nitrogen and oxygen atoms in total. The number of halogens is 1. The Morgan fingerprint density at radius 1 is 1.13 bits per heavy atom. The fraction of sp³-hybridized carbons (Fsp3) is 0.345. The zero-order chi connectivity index (χ0) is 27.4. The van der Waals surface area contributed by atoms with Gasteiger partial charge in [-0.25, -0.2) is 4.79 Å². The Morgan fingerprint density at radius 3 is 2.42 bits per heavy atom. The number of carbonyl (C=O) groups excluding carboxylic acids is 1. The van der Waals surface area contributed by atoms with Gasteiger partial charge in [0.15, 0.2) is 0 Å². The molecule has 0 aliphatic rings. The summed E-state index contributed by atoms with van der Waals surface area (Å²) in [5.41, 5.74) is 9.32. The highest BCUT2D eigenvalue weighted by atomic mass is 79.9. The van der Waals surface area contributed by atoms with Gasteiger partial charge >= 0.3 is 5.69 Å². The highest BCUT2D eigenvalue weighted by molar-refractivity contribution is 9.10. The molecule has 4 aromatic rings. The number of nitrogens with two attached hydrogens (primary N) is 1. The summed E-state index contributed by atoms with van der Waals surface area (Å²) in [5.74, 6) is 0.558. The van der Waals surface area contributed by atoms with Crippen LogP contribution in [0.3, 0.4) is 0 Å². The summed E-state index contributed by atoms with van der Waals surface area (Å²) in [4.78, 5) is 29.7. The molecule has 2 aromatic heterocycles. The lowest BCUT2D eigenvalue weighted by Gasteiger charge is -2.36. The molecule has 200 valence electrons. The van der Waals surface area contributed by atoms with Crippen molar-refractivity contribution in [2.75, 3.05) is 20.2 Å². The number of nitrogens with zero attached hydrogens (tertiary/aromatic N) is 4. The maximum Gasteiger partial charge on any atom is 0.349 e. The number of benzene rings is 2. The molecule has 0 fully saturated rings. The molecule has 0 aliphatic heterocycles. The Hall–Kier alpha value is -3.43. The van der Waals surface area contributed by atoms with E-state index < -0.39 is 0 Å². The van der Waals surface area contributed by atoms with Crippen LogP contribution < -0.4 is 16.2 Å². The van der Waals surface area contributed by atoms with Gasteiger partial charge in [0.25, 0.3) is 5.91 Å². The molecule has 4 rings (SSSR count). The van der Waals surface area contributed by atoms with E-state index in [2.05, 4.69) is 34.9 Å². The molecule has 2 N–H and O–H groups in total. The quantitative estimate of drug-likeness (QED) is 0.291. The minimum Gasteiger partial charge on any atom is -0.497 e. The fourth-order valence-electron chi connectivity index (χ4n) is 4.80. The molecule has 2 heterocycles. The number of fused-ring (bicyclic) bond motifs is 1. The minimum absolute atomic E-state index is 0.00152. The summed E-state index contributed by atoms with van der Waals surface area (Å²) < 4.78 is 9.21. The van der Waals surface area contributed by atoms with Gasteiger partial charge in [-0.1, -0.05) is 44.2 Å². The summed E-state index contributed by atoms with van der Waals surface area (Å²) in [6.07, 6.45) is 0.631. The molecule has 0 aliphatic carbocycles. The van der Waals surface area contributed by atoms with Crippen molar-refractivity contribution in [2.45, 2.75) is 39.8 Å². The molecule has 0 saturated carbocycles. The normalized spacial score (nSPS) is 12.2. The third-order valence-corrected chi connectivity index (χ3v) is 7.66. The van der Waals surface area contributed by atoms with Crippen molar-refractivity contribution in [3.05, 3.63) is 98.1 Å². The Balaban J connectivity index is 1.92. The number of hydrogen-bond donors (Lipinski definition) is 1. The third kappa shape index (κ3) is 5.54. The van der Waals surface area contributed by atoms with Crippen LogP contribution in [0.1, 0.15) is 53.6 Å². The van der Waals surface area contributed by atoms with Gasteiger partial charge in [0, 0.05) is 17.8 Å². The second kappa shape index (κ2) is 12.0. The van der Waals surface area contributed by atoms with Crippen LogP contribution in [0.4, 0.5) is 0 Å². The van der Waals surface area contributed by atoms with E-state index in [4.69, 9.17) is 10.5 Å². The monoisotopic (exact) mass is 579 g/mol. The summed E-state index contributed by atoms with van der Waals surface area (Å²) in [7, 11) is 1.59. The van der Waals surface area contributed by atoms with Crippen LogP contribution in [0.2, 0.25) is 0 Å². The van der Waals surface area contributed by atoms with Crippen LogP contribution in [0.25, 0.3) is 5.52 Å². The molecule has 0 spiro atoms. The van der Waals surface area contributed by atoms with E-state index in [1.165, 1.54) is 4.52 Å². The smallest absolute Gasteiger partial charge is 0.349 e. The van der Waals surface area contributed by atoms with Crippen LogP contribution in [-0.2, 0) is 6.54 Å². The second-order valence-corrected chi connectivity index (χ2v) is 10.5. The number of ether oxygens (including phenoxy) is 1. The molecule has 0 radical (unpaired) electrons. The number of rotatable bonds is 10. The molecule has 2 aromatic carbocycles. The second-order valence-electron chi connectivity index (χ2n) is 9.68. The number of amides is 1. The molecular formula is C29H34BrN5O3. The molecule has 0 bridgehead atoms. The minimum atomic E-state index is -0.389. The van der Waals surface area contributed by atoms with Crippen LogP contribution in [0.15, 0.2) is 69.9 Å². The van der Waals surface area contributed by atoms with Gasteiger partial charge in [0.2, 0.25) is 0 Å². The van der Waals surface area contributed by atoms with Crippen LogP contribution in [-0.4, -0.2) is 45.2 Å². The molecule has 38 heavy (non-hydrogen) atoms. The molecule has 1 unspecified atom stereocenters. The maximum absolute atomic E-state index is 14.0. The molecule has 0 saturated heterocycles. The average molecular weight is 581 g/mol. The molecular weight excluding hydrogens is 546 g/mol. The lowest BCUT2D eigenvalue weighted by Crippen LogP contribution is -2.42. The van der Waals surface area contributed by atoms with E-state index in [9.17, 15) is 9.59 Å². The van der Waals surface area contributed by atoms with E-state index in [1.54, 1.807) is 35.9 Å². The first-order valence-electron chi connectivity index (χ1n) is 12.7. The summed E-state index contributed by atoms with van der Waals surface area (Å²) in [5, 5.41) is 4.48. The number of aromatic nitrogens is 3. The summed E-state index contributed by atoms with van der Waals surface area (Å²) in [6, 6.07) is 18.5. The zero-order valence-electron chi connectivity index (χ0n) is 22.2. The predicted octanol–water partition coefficient (Wildman–Crippen LogP) is 4.81. The Kier molecular flexibility index (Phi) is 8.69. The van der Waals surface area contributed by atoms with Crippen molar-refractivity contribution in [1.82, 2.24) is 19.1 Å². The first kappa shape index (κ1) is 27.6. The molecule has 1 amide bonds. The standard InChI is InChI=1S/C29H34BrN5O3/c1-19(2)27(33(16-8-15-31)28(36)22-11-13-23(38-4)14-12-22)25-17-24-26(30)20(3)32-35(24)29(37)34(25)18-21-9-6-5-7-10-21/h5-7,9-14,17,19,27H,8,15-16,18,31H2,1-4H3. The number of carbonyl (C=O) groups is 1. The van der Waals surface area contributed by atoms with Gasteiger partial charge < -0.3 is 15.4 Å². The van der Waals surface area contributed by atoms with Gasteiger partial charge in [-0.2, -0.15) is 9.61 Å². The Bertz CT molecular complexity index is 1460. The van der Waals surface area contributed by atoms with Crippen LogP contribution in [0.5, 0.6) is 5.75 Å². The van der Waals surface area contributed by atoms with Gasteiger partial charge in [0.05, 0.1) is 35.4 Å². The molecule has 1 atom stereocenters. The van der Waals surface area contributed by atoms with Crippen LogP contribution >= 0.6 is 15.9 Å². The van der Waals surface area contributed by atoms with E-state index in [0.29, 0.717) is 42.9 Å². The van der Waals surface area contributed by atoms with Crippen molar-refractivity contribution < 1.29 is 9.53 Å². The van der Waals surface area contributed by atoms with Gasteiger partial charge in [-0.3, -0.25) is 9.36 Å². The lowest BCUT2D eigenvalue weighted by molar-refractivity contribution is 0.0609. The van der Waals surface area contributed by atoms with Crippen molar-refractivity contribution >= 4 is 27.4 Å². The SMILES string of the molecule is COc1ccc(C(=O)N(CCCN)C(c2cc3c(Br)c(C)nn3c(=O)n2Cc2ccccc2)C(C)C)cc1. The summed E-state index contributed by atoms with van der Waals surface area (Å²) in [6.45, 7) is 7.25. The van der Waals surface area contributed by atoms with E-state index in [0.717, 1.165) is 21.4 Å². The third-order valence-electron chi connectivity index (χ3n) is 6.68. The summed E-state index contributed by atoms with van der Waals surface area (Å²) >= 11 is 3.61. The largest absolute Gasteiger partial charge is 0.497 e. The number of methoxy groups -OCH3 is 1. The van der Waals surface area contributed by atoms with Crippen molar-refractivity contribution in [3.8, 4) is 5.75 Å². The van der Waals surface area contributed by atoms with Crippen molar-refractivity contribution in [2.24, 2.45) is 11.7 Å². The highest BCUT2D eigenvalue weighted by Gasteiger charge is 2.32. The predicted molar refractivity (Wildman–Crippen MR) is 153 cm³/mol. The lowest BCUT2D eigenvalue weighted by atomic mass is 9.96. The topological polar surface area (TPSA) is 94.9 Å². The van der Waals surface area contributed by atoms with Crippen molar-refractivity contribution in [3.63, 3.8) is 0 Å². The highest BCUT2D eigenvalue weighted by Crippen LogP contribution is 2.33. The van der Waals surface area contributed by atoms with Gasteiger partial charge in [-0.05, 0) is 77.6 Å². The van der Waals surface area contributed by atoms with Gasteiger partial charge in [-0.15, -0.1) is 0 Å². The van der Waals surface area contributed by atoms with Gasteiger partial charge in [0.1, 0.15) is 5.75 Å². The molecule has 9 heteroatoms. The maximum atomic E-state index is 14.0. The number of aryl methyl sites for hydroxylation is 1.